The number of nitrogens with zero attached hydrogens (tertiary/aromatic N) is 1. The Morgan fingerprint density at radius 3 is 2.48 bits per heavy atom. The third-order valence-corrected chi connectivity index (χ3v) is 5.97. The van der Waals surface area contributed by atoms with Gasteiger partial charge in [-0.1, -0.05) is 0 Å². The van der Waals surface area contributed by atoms with Gasteiger partial charge in [0.25, 0.3) is 0 Å². The maximum absolute atomic E-state index is 11.8. The van der Waals surface area contributed by atoms with Gasteiger partial charge in [-0.25, -0.2) is 8.42 Å². The summed E-state index contributed by atoms with van der Waals surface area (Å²) < 4.78 is 30.8. The van der Waals surface area contributed by atoms with E-state index in [1.807, 2.05) is 43.6 Å². The van der Waals surface area contributed by atoms with Crippen LogP contribution in [0.4, 0.5) is 5.69 Å². The molecular weight excluding hydrogens is 356 g/mol. The molecule has 0 fully saturated rings. The average Bonchev–Trinajstić information content (AvgIpc) is 2.55. The van der Waals surface area contributed by atoms with Crippen LogP contribution in [-0.4, -0.2) is 35.0 Å². The highest BCUT2D eigenvalue weighted by atomic mass is 32.2. The molecule has 0 spiro atoms. The zero-order chi connectivity index (χ0) is 18.6. The molecule has 0 aromatic heterocycles. The lowest BCUT2D eigenvalue weighted by atomic mass is 10.1. The molecule has 0 unspecified atom stereocenters. The minimum Gasteiger partial charge on any atom is -0.457 e. The number of hydrogen-bond acceptors (Lipinski definition) is 5. The third-order valence-electron chi connectivity index (χ3n) is 3.87. The van der Waals surface area contributed by atoms with E-state index in [9.17, 15) is 8.42 Å². The van der Waals surface area contributed by atoms with Crippen molar-refractivity contribution in [2.24, 2.45) is 0 Å². The number of nitrogens with one attached hydrogen (secondary N) is 1. The molecule has 0 radical (unpaired) electrons. The highest BCUT2D eigenvalue weighted by molar-refractivity contribution is 7.98. The maximum Gasteiger partial charge on any atom is 0.231 e. The van der Waals surface area contributed by atoms with E-state index < -0.39 is 10.0 Å². The Morgan fingerprint density at radius 1 is 1.20 bits per heavy atom. The second-order valence-electron chi connectivity index (χ2n) is 5.79. The molecule has 2 aromatic carbocycles. The summed E-state index contributed by atoms with van der Waals surface area (Å²) in [5, 5.41) is 3.09. The second-order valence-corrected chi connectivity index (χ2v) is 8.65. The minimum absolute atomic E-state index is 0.572. The number of anilines is 1. The number of benzene rings is 2. The van der Waals surface area contributed by atoms with Crippen LogP contribution in [0.5, 0.6) is 11.5 Å². The minimum atomic E-state index is -3.30. The van der Waals surface area contributed by atoms with Crippen LogP contribution in [0.1, 0.15) is 11.1 Å². The van der Waals surface area contributed by atoms with E-state index >= 15 is 0 Å². The Bertz CT molecular complexity index is 851. The molecule has 5 nitrogen and oxygen atoms in total. The first-order chi connectivity index (χ1) is 11.8. The van der Waals surface area contributed by atoms with Gasteiger partial charge in [-0.3, -0.25) is 4.31 Å². The predicted molar refractivity (Wildman–Crippen MR) is 105 cm³/mol. The Morgan fingerprint density at radius 2 is 1.92 bits per heavy atom. The van der Waals surface area contributed by atoms with E-state index in [0.29, 0.717) is 18.0 Å². The fourth-order valence-corrected chi connectivity index (χ4v) is 3.50. The SMILES string of the molecule is CNCc1cc(N(C)S(C)(=O)=O)ccc1Oc1ccc(SC)c(C)c1. The standard InChI is InChI=1S/C18H24N2O3S2/c1-13-10-16(7-9-18(13)24-4)23-17-8-6-15(11-14(17)12-19-2)20(3)25(5,21)22/h6-11,19H,12H2,1-5H3. The highest BCUT2D eigenvalue weighted by Crippen LogP contribution is 2.32. The number of hydrogen-bond donors (Lipinski definition) is 1. The molecule has 0 aliphatic carbocycles. The van der Waals surface area contributed by atoms with Crippen LogP contribution >= 0.6 is 11.8 Å². The van der Waals surface area contributed by atoms with E-state index in [1.165, 1.54) is 15.5 Å². The van der Waals surface area contributed by atoms with E-state index in [-0.39, 0.29) is 0 Å². The first-order valence-corrected chi connectivity index (χ1v) is 10.9. The molecule has 0 aliphatic rings. The van der Waals surface area contributed by atoms with E-state index in [1.54, 1.807) is 24.9 Å². The van der Waals surface area contributed by atoms with E-state index in [2.05, 4.69) is 12.2 Å². The summed E-state index contributed by atoms with van der Waals surface area (Å²) in [4.78, 5) is 1.22. The summed E-state index contributed by atoms with van der Waals surface area (Å²) in [6.45, 7) is 2.63. The fraction of sp³-hybridized carbons (Fsp3) is 0.333. The topological polar surface area (TPSA) is 58.6 Å². The molecule has 0 amide bonds. The van der Waals surface area contributed by atoms with Crippen molar-refractivity contribution >= 4 is 27.5 Å². The van der Waals surface area contributed by atoms with Crippen LogP contribution in [0.25, 0.3) is 0 Å². The van der Waals surface area contributed by atoms with E-state index in [4.69, 9.17) is 4.74 Å². The Labute approximate surface area is 154 Å². The quantitative estimate of drug-likeness (QED) is 0.744. The number of sulfonamides is 1. The number of aryl methyl sites for hydroxylation is 1. The summed E-state index contributed by atoms with van der Waals surface area (Å²) in [5.41, 5.74) is 2.66. The summed E-state index contributed by atoms with van der Waals surface area (Å²) in [5.74, 6) is 1.47. The van der Waals surface area contributed by atoms with Gasteiger partial charge < -0.3 is 10.1 Å². The normalized spacial score (nSPS) is 11.4. The molecule has 0 heterocycles. The molecule has 0 atom stereocenters. The van der Waals surface area contributed by atoms with Crippen LogP contribution in [0, 0.1) is 6.92 Å². The molecule has 2 rings (SSSR count). The van der Waals surface area contributed by atoms with Crippen molar-refractivity contribution in [3.63, 3.8) is 0 Å². The highest BCUT2D eigenvalue weighted by Gasteiger charge is 2.15. The van der Waals surface area contributed by atoms with Crippen molar-refractivity contribution in [2.75, 3.05) is 30.9 Å². The monoisotopic (exact) mass is 380 g/mol. The Balaban J connectivity index is 2.36. The molecule has 25 heavy (non-hydrogen) atoms. The van der Waals surface area contributed by atoms with Gasteiger partial charge in [-0.2, -0.15) is 0 Å². The molecule has 7 heteroatoms. The van der Waals surface area contributed by atoms with Crippen molar-refractivity contribution in [2.45, 2.75) is 18.4 Å². The van der Waals surface area contributed by atoms with Crippen LogP contribution < -0.4 is 14.4 Å². The van der Waals surface area contributed by atoms with Gasteiger partial charge in [0, 0.05) is 24.1 Å². The molecule has 136 valence electrons. The van der Waals surface area contributed by atoms with Gasteiger partial charge in [-0.15, -0.1) is 11.8 Å². The molecular formula is C18H24N2O3S2. The summed E-state index contributed by atoms with van der Waals surface area (Å²) in [6.07, 6.45) is 3.23. The van der Waals surface area contributed by atoms with Crippen molar-refractivity contribution in [3.05, 3.63) is 47.5 Å². The molecule has 0 bridgehead atoms. The zero-order valence-electron chi connectivity index (χ0n) is 15.2. The van der Waals surface area contributed by atoms with Gasteiger partial charge in [0.15, 0.2) is 0 Å². The summed E-state index contributed by atoms with van der Waals surface area (Å²) in [7, 11) is 0.0791. The van der Waals surface area contributed by atoms with Crippen molar-refractivity contribution in [1.82, 2.24) is 5.32 Å². The first kappa shape index (κ1) is 19.6. The molecule has 2 aromatic rings. The molecule has 0 saturated heterocycles. The smallest absolute Gasteiger partial charge is 0.231 e. The first-order valence-electron chi connectivity index (χ1n) is 7.80. The lowest BCUT2D eigenvalue weighted by Crippen LogP contribution is -2.25. The fourth-order valence-electron chi connectivity index (χ4n) is 2.42. The predicted octanol–water partition coefficient (Wildman–Crippen LogP) is 3.62. The van der Waals surface area contributed by atoms with Gasteiger partial charge in [-0.05, 0) is 62.2 Å². The summed E-state index contributed by atoms with van der Waals surface area (Å²) >= 11 is 1.70. The lowest BCUT2D eigenvalue weighted by molar-refractivity contribution is 0.473. The van der Waals surface area contributed by atoms with Crippen LogP contribution in [0.3, 0.4) is 0 Å². The lowest BCUT2D eigenvalue weighted by Gasteiger charge is -2.19. The van der Waals surface area contributed by atoms with Crippen molar-refractivity contribution in [3.8, 4) is 11.5 Å². The Kier molecular flexibility index (Phi) is 6.37. The average molecular weight is 381 g/mol. The largest absolute Gasteiger partial charge is 0.457 e. The maximum atomic E-state index is 11.8. The number of thioether (sulfide) groups is 1. The van der Waals surface area contributed by atoms with Crippen molar-refractivity contribution in [1.29, 1.82) is 0 Å². The van der Waals surface area contributed by atoms with Gasteiger partial charge in [0.05, 0.1) is 11.9 Å². The molecule has 0 saturated carbocycles. The van der Waals surface area contributed by atoms with Crippen LogP contribution in [0.15, 0.2) is 41.3 Å². The van der Waals surface area contributed by atoms with Gasteiger partial charge >= 0.3 is 0 Å². The Hall–Kier alpha value is -1.70. The zero-order valence-corrected chi connectivity index (χ0v) is 16.8. The van der Waals surface area contributed by atoms with Crippen molar-refractivity contribution < 1.29 is 13.2 Å². The van der Waals surface area contributed by atoms with Crippen LogP contribution in [0.2, 0.25) is 0 Å². The van der Waals surface area contributed by atoms with Gasteiger partial charge in [0.2, 0.25) is 10.0 Å². The number of ether oxygens (including phenoxy) is 1. The van der Waals surface area contributed by atoms with Crippen LogP contribution in [-0.2, 0) is 16.6 Å². The van der Waals surface area contributed by atoms with Gasteiger partial charge in [0.1, 0.15) is 11.5 Å². The third kappa shape index (κ3) is 4.90. The number of rotatable bonds is 7. The summed E-state index contributed by atoms with van der Waals surface area (Å²) in [6, 6.07) is 11.4. The molecule has 0 aliphatic heterocycles. The molecule has 1 N–H and O–H groups in total. The van der Waals surface area contributed by atoms with E-state index in [0.717, 1.165) is 16.9 Å². The second kappa shape index (κ2) is 8.12.